The minimum Gasteiger partial charge on any atom is -0.494 e. The number of ether oxygens (including phenoxy) is 1. The second-order valence-electron chi connectivity index (χ2n) is 6.42. The maximum atomic E-state index is 9.97. The number of allylic oxidation sites excluding steroid dienone is 2. The first kappa shape index (κ1) is 12.3. The molecule has 1 N–H and O–H groups in total. The Kier molecular flexibility index (Phi) is 3.23. The maximum Gasteiger partial charge on any atom is 0.0998 e. The average molecular weight is 248 g/mol. The monoisotopic (exact) mass is 248 g/mol. The summed E-state index contributed by atoms with van der Waals surface area (Å²) >= 11 is 0. The molecule has 2 nitrogen and oxygen atoms in total. The molecule has 3 rings (SSSR count). The highest BCUT2D eigenvalue weighted by atomic mass is 16.5. The molecule has 0 aromatic heterocycles. The summed E-state index contributed by atoms with van der Waals surface area (Å²) in [4.78, 5) is 0. The minimum atomic E-state index is -0.137. The van der Waals surface area contributed by atoms with E-state index in [2.05, 4.69) is 19.9 Å². The van der Waals surface area contributed by atoms with Crippen molar-refractivity contribution in [2.45, 2.75) is 64.6 Å². The summed E-state index contributed by atoms with van der Waals surface area (Å²) in [6.45, 7) is 4.53. The van der Waals surface area contributed by atoms with Gasteiger partial charge >= 0.3 is 0 Å². The molecule has 0 aromatic rings. The lowest BCUT2D eigenvalue weighted by atomic mass is 9.79. The van der Waals surface area contributed by atoms with Gasteiger partial charge in [0, 0.05) is 12.3 Å². The van der Waals surface area contributed by atoms with E-state index in [4.69, 9.17) is 4.74 Å². The van der Waals surface area contributed by atoms with Crippen LogP contribution in [0.3, 0.4) is 0 Å². The number of aliphatic hydroxyl groups is 1. The Balaban J connectivity index is 1.76. The summed E-state index contributed by atoms with van der Waals surface area (Å²) in [6.07, 6.45) is 8.95. The summed E-state index contributed by atoms with van der Waals surface area (Å²) in [7, 11) is 0. The van der Waals surface area contributed by atoms with Gasteiger partial charge in [-0.3, -0.25) is 0 Å². The average Bonchev–Trinajstić information content (AvgIpc) is 2.70. The van der Waals surface area contributed by atoms with Gasteiger partial charge in [0.2, 0.25) is 0 Å². The SMILES string of the molecule is CC(C)CC1CCC2=C(CCC3C2=CCC3O)O1. The molecule has 3 atom stereocenters. The highest BCUT2D eigenvalue weighted by molar-refractivity contribution is 5.42. The Bertz CT molecular complexity index is 392. The molecule has 0 bridgehead atoms. The Morgan fingerprint density at radius 3 is 2.94 bits per heavy atom. The minimum absolute atomic E-state index is 0.137. The smallest absolute Gasteiger partial charge is 0.0998 e. The van der Waals surface area contributed by atoms with Gasteiger partial charge in [0.25, 0.3) is 0 Å². The normalized spacial score (nSPS) is 35.1. The lowest BCUT2D eigenvalue weighted by Gasteiger charge is -2.36. The maximum absolute atomic E-state index is 9.97. The van der Waals surface area contributed by atoms with Crippen molar-refractivity contribution < 1.29 is 9.84 Å². The van der Waals surface area contributed by atoms with Crippen molar-refractivity contribution in [3.63, 3.8) is 0 Å². The predicted octanol–water partition coefficient (Wildman–Crippen LogP) is 3.57. The molecule has 0 fully saturated rings. The molecule has 2 aliphatic carbocycles. The summed E-state index contributed by atoms with van der Waals surface area (Å²) in [5.41, 5.74) is 2.84. The van der Waals surface area contributed by atoms with Crippen molar-refractivity contribution in [2.75, 3.05) is 0 Å². The zero-order valence-electron chi connectivity index (χ0n) is 11.5. The van der Waals surface area contributed by atoms with Gasteiger partial charge in [0.15, 0.2) is 0 Å². The van der Waals surface area contributed by atoms with Crippen molar-refractivity contribution in [1.29, 1.82) is 0 Å². The van der Waals surface area contributed by atoms with Crippen LogP contribution in [0.4, 0.5) is 0 Å². The molecule has 100 valence electrons. The van der Waals surface area contributed by atoms with Crippen LogP contribution in [0, 0.1) is 11.8 Å². The van der Waals surface area contributed by atoms with Crippen LogP contribution in [0.5, 0.6) is 0 Å². The van der Waals surface area contributed by atoms with E-state index in [-0.39, 0.29) is 6.10 Å². The first-order valence-electron chi connectivity index (χ1n) is 7.42. The topological polar surface area (TPSA) is 29.5 Å². The van der Waals surface area contributed by atoms with Crippen molar-refractivity contribution in [1.82, 2.24) is 0 Å². The van der Waals surface area contributed by atoms with E-state index >= 15 is 0 Å². The Morgan fingerprint density at radius 1 is 1.33 bits per heavy atom. The third kappa shape index (κ3) is 2.11. The molecule has 3 unspecified atom stereocenters. The molecule has 0 saturated heterocycles. The molecule has 1 heterocycles. The molecule has 18 heavy (non-hydrogen) atoms. The zero-order valence-corrected chi connectivity index (χ0v) is 11.5. The van der Waals surface area contributed by atoms with Gasteiger partial charge in [-0.05, 0) is 49.2 Å². The van der Waals surface area contributed by atoms with Crippen LogP contribution in [0.25, 0.3) is 0 Å². The highest BCUT2D eigenvalue weighted by Gasteiger charge is 2.37. The van der Waals surface area contributed by atoms with Gasteiger partial charge in [-0.2, -0.15) is 0 Å². The van der Waals surface area contributed by atoms with E-state index in [0.29, 0.717) is 17.9 Å². The predicted molar refractivity (Wildman–Crippen MR) is 72.0 cm³/mol. The standard InChI is InChI=1S/C16H24O2/c1-10(2)9-11-3-4-14-12-5-7-15(17)13(12)6-8-16(14)18-11/h5,10-11,13,15,17H,3-4,6-9H2,1-2H3. The molecular weight excluding hydrogens is 224 g/mol. The summed E-state index contributed by atoms with van der Waals surface area (Å²) in [5.74, 6) is 2.35. The summed E-state index contributed by atoms with van der Waals surface area (Å²) in [5, 5.41) is 9.97. The molecule has 0 saturated carbocycles. The Hall–Kier alpha value is -0.760. The van der Waals surface area contributed by atoms with E-state index in [1.54, 1.807) is 0 Å². The van der Waals surface area contributed by atoms with Crippen LogP contribution >= 0.6 is 0 Å². The van der Waals surface area contributed by atoms with Crippen LogP contribution in [-0.4, -0.2) is 17.3 Å². The molecule has 1 aliphatic heterocycles. The zero-order chi connectivity index (χ0) is 12.7. The van der Waals surface area contributed by atoms with Gasteiger partial charge in [0.05, 0.1) is 18.0 Å². The van der Waals surface area contributed by atoms with Crippen LogP contribution < -0.4 is 0 Å². The quantitative estimate of drug-likeness (QED) is 0.809. The molecule has 0 spiro atoms. The lowest BCUT2D eigenvalue weighted by Crippen LogP contribution is -2.27. The molecule has 0 amide bonds. The number of fused-ring (bicyclic) bond motifs is 2. The fourth-order valence-electron chi connectivity index (χ4n) is 3.73. The third-order valence-electron chi connectivity index (χ3n) is 4.57. The molecule has 2 heteroatoms. The number of rotatable bonds is 2. The van der Waals surface area contributed by atoms with Crippen LogP contribution in [0.2, 0.25) is 0 Å². The van der Waals surface area contributed by atoms with Crippen LogP contribution in [0.15, 0.2) is 23.0 Å². The number of aliphatic hydroxyl groups excluding tert-OH is 1. The van der Waals surface area contributed by atoms with Gasteiger partial charge < -0.3 is 9.84 Å². The summed E-state index contributed by atoms with van der Waals surface area (Å²) < 4.78 is 6.20. The largest absolute Gasteiger partial charge is 0.494 e. The van der Waals surface area contributed by atoms with E-state index in [9.17, 15) is 5.11 Å². The fourth-order valence-corrected chi connectivity index (χ4v) is 3.73. The van der Waals surface area contributed by atoms with Gasteiger partial charge in [-0.1, -0.05) is 19.9 Å². The van der Waals surface area contributed by atoms with Crippen LogP contribution in [-0.2, 0) is 4.74 Å². The van der Waals surface area contributed by atoms with Gasteiger partial charge in [0.1, 0.15) is 0 Å². The first-order valence-corrected chi connectivity index (χ1v) is 7.42. The van der Waals surface area contributed by atoms with Crippen molar-refractivity contribution in [3.8, 4) is 0 Å². The first-order chi connectivity index (χ1) is 8.65. The number of hydrogen-bond acceptors (Lipinski definition) is 2. The van der Waals surface area contributed by atoms with Gasteiger partial charge in [-0.25, -0.2) is 0 Å². The van der Waals surface area contributed by atoms with Gasteiger partial charge in [-0.15, -0.1) is 0 Å². The second kappa shape index (κ2) is 4.73. The Morgan fingerprint density at radius 2 is 2.17 bits per heavy atom. The Labute approximate surface area is 110 Å². The summed E-state index contributed by atoms with van der Waals surface area (Å²) in [6, 6.07) is 0. The van der Waals surface area contributed by atoms with Crippen molar-refractivity contribution in [3.05, 3.63) is 23.0 Å². The fraction of sp³-hybridized carbons (Fsp3) is 0.750. The van der Waals surface area contributed by atoms with E-state index in [1.165, 1.54) is 23.3 Å². The molecule has 0 radical (unpaired) electrons. The van der Waals surface area contributed by atoms with Crippen LogP contribution in [0.1, 0.15) is 52.4 Å². The lowest BCUT2D eigenvalue weighted by molar-refractivity contribution is 0.0568. The van der Waals surface area contributed by atoms with E-state index < -0.39 is 0 Å². The molecule has 0 aromatic carbocycles. The second-order valence-corrected chi connectivity index (χ2v) is 6.42. The van der Waals surface area contributed by atoms with Crippen molar-refractivity contribution in [2.24, 2.45) is 11.8 Å². The number of hydrogen-bond donors (Lipinski definition) is 1. The van der Waals surface area contributed by atoms with E-state index in [1.807, 2.05) is 0 Å². The molecule has 3 aliphatic rings. The third-order valence-corrected chi connectivity index (χ3v) is 4.57. The molecular formula is C16H24O2. The van der Waals surface area contributed by atoms with Crippen molar-refractivity contribution >= 4 is 0 Å². The highest BCUT2D eigenvalue weighted by Crippen LogP contribution is 2.46. The van der Waals surface area contributed by atoms with E-state index in [0.717, 1.165) is 32.1 Å².